The van der Waals surface area contributed by atoms with Gasteiger partial charge in [-0.05, 0) is 43.0 Å². The van der Waals surface area contributed by atoms with Gasteiger partial charge in [0, 0.05) is 12.1 Å². The predicted octanol–water partition coefficient (Wildman–Crippen LogP) is 4.71. The number of aryl methyl sites for hydroxylation is 1. The zero-order valence-electron chi connectivity index (χ0n) is 13.9. The molecule has 2 rings (SSSR count). The molecule has 118 valence electrons. The van der Waals surface area contributed by atoms with Gasteiger partial charge in [0.25, 0.3) is 0 Å². The van der Waals surface area contributed by atoms with Crippen LogP contribution in [0.4, 0.5) is 0 Å². The van der Waals surface area contributed by atoms with Crippen LogP contribution in [0.3, 0.4) is 0 Å². The van der Waals surface area contributed by atoms with Gasteiger partial charge in [0.05, 0.1) is 0 Å². The molecule has 0 saturated carbocycles. The number of ether oxygens (including phenoxy) is 1. The zero-order valence-corrected chi connectivity index (χ0v) is 13.9. The van der Waals surface area contributed by atoms with Crippen LogP contribution in [-0.4, -0.2) is 6.54 Å². The predicted molar refractivity (Wildman–Crippen MR) is 93.1 cm³/mol. The SMILES string of the molecule is Cc1ccccc1COc1ccccc1CNCCC(C)C. The van der Waals surface area contributed by atoms with Gasteiger partial charge >= 0.3 is 0 Å². The van der Waals surface area contributed by atoms with Gasteiger partial charge in [-0.25, -0.2) is 0 Å². The van der Waals surface area contributed by atoms with Gasteiger partial charge in [0.15, 0.2) is 0 Å². The Balaban J connectivity index is 1.92. The lowest BCUT2D eigenvalue weighted by atomic mass is 10.1. The lowest BCUT2D eigenvalue weighted by molar-refractivity contribution is 0.301. The summed E-state index contributed by atoms with van der Waals surface area (Å²) in [5.41, 5.74) is 3.74. The molecule has 0 aliphatic heterocycles. The van der Waals surface area contributed by atoms with E-state index >= 15 is 0 Å². The Bertz CT molecular complexity index is 577. The van der Waals surface area contributed by atoms with E-state index in [4.69, 9.17) is 4.74 Å². The minimum atomic E-state index is 0.621. The van der Waals surface area contributed by atoms with Gasteiger partial charge in [0.1, 0.15) is 12.4 Å². The molecule has 2 aromatic rings. The van der Waals surface area contributed by atoms with E-state index in [0.29, 0.717) is 6.61 Å². The molecule has 0 fully saturated rings. The zero-order chi connectivity index (χ0) is 15.8. The maximum Gasteiger partial charge on any atom is 0.124 e. The van der Waals surface area contributed by atoms with Crippen molar-refractivity contribution >= 4 is 0 Å². The summed E-state index contributed by atoms with van der Waals surface area (Å²) in [4.78, 5) is 0. The molecule has 0 amide bonds. The lowest BCUT2D eigenvalue weighted by Crippen LogP contribution is -2.17. The van der Waals surface area contributed by atoms with Crippen LogP contribution in [0.1, 0.15) is 37.0 Å². The van der Waals surface area contributed by atoms with Crippen molar-refractivity contribution in [2.24, 2.45) is 5.92 Å². The van der Waals surface area contributed by atoms with Gasteiger partial charge < -0.3 is 10.1 Å². The van der Waals surface area contributed by atoms with Gasteiger partial charge in [-0.2, -0.15) is 0 Å². The Labute approximate surface area is 134 Å². The fourth-order valence-electron chi connectivity index (χ4n) is 2.33. The summed E-state index contributed by atoms with van der Waals surface area (Å²) in [6.07, 6.45) is 1.20. The quantitative estimate of drug-likeness (QED) is 0.712. The number of nitrogens with one attached hydrogen (secondary N) is 1. The Morgan fingerprint density at radius 1 is 0.955 bits per heavy atom. The molecule has 0 spiro atoms. The van der Waals surface area contributed by atoms with E-state index < -0.39 is 0 Å². The monoisotopic (exact) mass is 297 g/mol. The second-order valence-electron chi connectivity index (χ2n) is 6.18. The summed E-state index contributed by atoms with van der Waals surface area (Å²) in [6.45, 7) is 9.15. The molecule has 0 unspecified atom stereocenters. The van der Waals surface area contributed by atoms with Crippen molar-refractivity contribution in [2.75, 3.05) is 6.54 Å². The van der Waals surface area contributed by atoms with Crippen molar-refractivity contribution in [1.82, 2.24) is 5.32 Å². The third-order valence-electron chi connectivity index (χ3n) is 3.83. The van der Waals surface area contributed by atoms with Gasteiger partial charge in [-0.1, -0.05) is 56.3 Å². The van der Waals surface area contributed by atoms with Crippen molar-refractivity contribution in [1.29, 1.82) is 0 Å². The first-order chi connectivity index (χ1) is 10.7. The van der Waals surface area contributed by atoms with Gasteiger partial charge in [0.2, 0.25) is 0 Å². The molecule has 0 bridgehead atoms. The van der Waals surface area contributed by atoms with E-state index in [2.05, 4.69) is 68.6 Å². The van der Waals surface area contributed by atoms with E-state index in [1.807, 2.05) is 6.07 Å². The number of hydrogen-bond donors (Lipinski definition) is 1. The highest BCUT2D eigenvalue weighted by atomic mass is 16.5. The average molecular weight is 297 g/mol. The summed E-state index contributed by atoms with van der Waals surface area (Å²) < 4.78 is 6.04. The van der Waals surface area contributed by atoms with Crippen LogP contribution in [-0.2, 0) is 13.2 Å². The third kappa shape index (κ3) is 5.19. The molecule has 0 saturated heterocycles. The normalized spacial score (nSPS) is 10.9. The van der Waals surface area contributed by atoms with Crippen LogP contribution in [0.5, 0.6) is 5.75 Å². The van der Waals surface area contributed by atoms with E-state index in [1.54, 1.807) is 0 Å². The minimum Gasteiger partial charge on any atom is -0.489 e. The first-order valence-corrected chi connectivity index (χ1v) is 8.12. The molecule has 1 N–H and O–H groups in total. The molecule has 0 atom stereocenters. The molecule has 2 nitrogen and oxygen atoms in total. The van der Waals surface area contributed by atoms with Crippen LogP contribution >= 0.6 is 0 Å². The van der Waals surface area contributed by atoms with Crippen LogP contribution in [0.15, 0.2) is 48.5 Å². The standard InChI is InChI=1S/C20H27NO/c1-16(2)12-13-21-14-18-9-6-7-11-20(18)22-15-19-10-5-4-8-17(19)3/h4-11,16,21H,12-15H2,1-3H3. The van der Waals surface area contributed by atoms with Gasteiger partial charge in [-0.15, -0.1) is 0 Å². The average Bonchev–Trinajstić information content (AvgIpc) is 2.51. The second kappa shape index (κ2) is 8.60. The summed E-state index contributed by atoms with van der Waals surface area (Å²) >= 11 is 0. The van der Waals surface area contributed by atoms with Crippen molar-refractivity contribution < 1.29 is 4.74 Å². The highest BCUT2D eigenvalue weighted by molar-refractivity contribution is 5.34. The summed E-state index contributed by atoms with van der Waals surface area (Å²) in [7, 11) is 0. The molecular formula is C20H27NO. The molecule has 2 aromatic carbocycles. The van der Waals surface area contributed by atoms with Crippen LogP contribution in [0, 0.1) is 12.8 Å². The van der Waals surface area contributed by atoms with Crippen molar-refractivity contribution in [3.05, 3.63) is 65.2 Å². The van der Waals surface area contributed by atoms with Crippen LogP contribution in [0.25, 0.3) is 0 Å². The van der Waals surface area contributed by atoms with Crippen molar-refractivity contribution in [2.45, 2.75) is 40.3 Å². The Kier molecular flexibility index (Phi) is 6.47. The smallest absolute Gasteiger partial charge is 0.124 e. The van der Waals surface area contributed by atoms with Crippen molar-refractivity contribution in [3.63, 3.8) is 0 Å². The third-order valence-corrected chi connectivity index (χ3v) is 3.83. The highest BCUT2D eigenvalue weighted by Gasteiger charge is 2.04. The van der Waals surface area contributed by atoms with Crippen LogP contribution < -0.4 is 10.1 Å². The number of rotatable bonds is 8. The molecule has 0 radical (unpaired) electrons. The number of para-hydroxylation sites is 1. The number of hydrogen-bond acceptors (Lipinski definition) is 2. The minimum absolute atomic E-state index is 0.621. The maximum atomic E-state index is 6.04. The van der Waals surface area contributed by atoms with Crippen molar-refractivity contribution in [3.8, 4) is 5.75 Å². The van der Waals surface area contributed by atoms with Crippen LogP contribution in [0.2, 0.25) is 0 Å². The van der Waals surface area contributed by atoms with E-state index in [9.17, 15) is 0 Å². The van der Waals surface area contributed by atoms with Gasteiger partial charge in [-0.3, -0.25) is 0 Å². The molecule has 2 heteroatoms. The second-order valence-corrected chi connectivity index (χ2v) is 6.18. The fraction of sp³-hybridized carbons (Fsp3) is 0.400. The molecule has 0 aliphatic rings. The lowest BCUT2D eigenvalue weighted by Gasteiger charge is -2.13. The van der Waals surface area contributed by atoms with E-state index in [-0.39, 0.29) is 0 Å². The summed E-state index contributed by atoms with van der Waals surface area (Å²) in [5.74, 6) is 1.71. The Morgan fingerprint density at radius 2 is 1.64 bits per heavy atom. The number of benzene rings is 2. The fourth-order valence-corrected chi connectivity index (χ4v) is 2.33. The first-order valence-electron chi connectivity index (χ1n) is 8.12. The maximum absolute atomic E-state index is 6.04. The van der Waals surface area contributed by atoms with E-state index in [0.717, 1.165) is 24.8 Å². The Morgan fingerprint density at radius 3 is 2.36 bits per heavy atom. The molecule has 22 heavy (non-hydrogen) atoms. The molecular weight excluding hydrogens is 270 g/mol. The molecule has 0 aliphatic carbocycles. The van der Waals surface area contributed by atoms with E-state index in [1.165, 1.54) is 23.1 Å². The molecule has 0 heterocycles. The molecule has 0 aromatic heterocycles. The summed E-state index contributed by atoms with van der Waals surface area (Å²) in [5, 5.41) is 3.50. The summed E-state index contributed by atoms with van der Waals surface area (Å²) in [6, 6.07) is 16.7. The topological polar surface area (TPSA) is 21.3 Å². The first kappa shape index (κ1) is 16.6. The largest absolute Gasteiger partial charge is 0.489 e. The highest BCUT2D eigenvalue weighted by Crippen LogP contribution is 2.20. The Hall–Kier alpha value is -1.80.